The van der Waals surface area contributed by atoms with Gasteiger partial charge < -0.3 is 15.0 Å². The van der Waals surface area contributed by atoms with E-state index >= 15 is 0 Å². The Bertz CT molecular complexity index is 1230. The summed E-state index contributed by atoms with van der Waals surface area (Å²) in [6.45, 7) is 6.58. The number of amides is 2. The molecule has 0 radical (unpaired) electrons. The van der Waals surface area contributed by atoms with E-state index < -0.39 is 10.0 Å². The van der Waals surface area contributed by atoms with Crippen LogP contribution in [-0.2, 0) is 19.6 Å². The first kappa shape index (κ1) is 35.8. The highest BCUT2D eigenvalue weighted by atomic mass is 35.5. The Kier molecular flexibility index (Phi) is 14.6. The van der Waals surface area contributed by atoms with E-state index in [0.29, 0.717) is 50.7 Å². The Labute approximate surface area is 250 Å². The van der Waals surface area contributed by atoms with E-state index in [9.17, 15) is 18.0 Å². The van der Waals surface area contributed by atoms with Gasteiger partial charge in [0.15, 0.2) is 0 Å². The monoisotopic (exact) mass is 620 g/mol. The zero-order valence-electron chi connectivity index (χ0n) is 23.8. The van der Waals surface area contributed by atoms with Crippen molar-refractivity contribution in [1.29, 1.82) is 0 Å². The number of hydrazine groups is 1. The van der Waals surface area contributed by atoms with Crippen LogP contribution >= 0.6 is 24.8 Å². The molecule has 0 aromatic heterocycles. The maximum absolute atomic E-state index is 13.4. The van der Waals surface area contributed by atoms with Gasteiger partial charge in [0.1, 0.15) is 5.75 Å². The number of anilines is 1. The molecule has 0 unspecified atom stereocenters. The SMILES string of the molecule is COc1cc2ccccc2cc1N(CCNC(C)C)C(=O)CNCC(=O)N(C)N1CCN(S(C)(=O)=O)CC1.Cl.Cl. The van der Waals surface area contributed by atoms with E-state index in [1.54, 1.807) is 19.1 Å². The molecule has 2 N–H and O–H groups in total. The number of nitrogens with one attached hydrogen (secondary N) is 2. The molecule has 1 aliphatic rings. The third-order valence-corrected chi connectivity index (χ3v) is 7.85. The Morgan fingerprint density at radius 2 is 1.57 bits per heavy atom. The normalized spacial score (nSPS) is 14.3. The first-order valence-electron chi connectivity index (χ1n) is 12.8. The number of hydrogen-bond donors (Lipinski definition) is 2. The summed E-state index contributed by atoms with van der Waals surface area (Å²) >= 11 is 0. The van der Waals surface area contributed by atoms with Crippen LogP contribution in [0.25, 0.3) is 10.8 Å². The predicted molar refractivity (Wildman–Crippen MR) is 164 cm³/mol. The largest absolute Gasteiger partial charge is 0.495 e. The lowest BCUT2D eigenvalue weighted by Crippen LogP contribution is -2.56. The molecule has 226 valence electrons. The third kappa shape index (κ3) is 9.72. The van der Waals surface area contributed by atoms with E-state index in [1.165, 1.54) is 15.6 Å². The van der Waals surface area contributed by atoms with Gasteiger partial charge in [-0.3, -0.25) is 19.9 Å². The molecule has 1 saturated heterocycles. The summed E-state index contributed by atoms with van der Waals surface area (Å²) in [6, 6.07) is 12.1. The number of carbonyl (C=O) groups excluding carboxylic acids is 2. The molecule has 0 bridgehead atoms. The Morgan fingerprint density at radius 3 is 2.12 bits per heavy atom. The van der Waals surface area contributed by atoms with Crippen molar-refractivity contribution < 1.29 is 22.7 Å². The number of ether oxygens (including phenoxy) is 1. The highest BCUT2D eigenvalue weighted by Crippen LogP contribution is 2.33. The summed E-state index contributed by atoms with van der Waals surface area (Å²) in [5.74, 6) is 0.217. The molecule has 0 spiro atoms. The fourth-order valence-corrected chi connectivity index (χ4v) is 5.21. The second-order valence-electron chi connectivity index (χ2n) is 9.66. The smallest absolute Gasteiger partial charge is 0.250 e. The van der Waals surface area contributed by atoms with Gasteiger partial charge in [-0.15, -0.1) is 24.8 Å². The fraction of sp³-hybridized carbons (Fsp3) is 0.538. The summed E-state index contributed by atoms with van der Waals surface area (Å²) in [6.07, 6.45) is 1.19. The fourth-order valence-electron chi connectivity index (χ4n) is 4.38. The Morgan fingerprint density at radius 1 is 1.00 bits per heavy atom. The molecule has 40 heavy (non-hydrogen) atoms. The second kappa shape index (κ2) is 16.3. The van der Waals surface area contributed by atoms with E-state index in [4.69, 9.17) is 4.74 Å². The van der Waals surface area contributed by atoms with Gasteiger partial charge in [-0.1, -0.05) is 38.1 Å². The molecule has 11 nitrogen and oxygen atoms in total. The number of nitrogens with zero attached hydrogens (tertiary/aromatic N) is 4. The van der Waals surface area contributed by atoms with Crippen molar-refractivity contribution in [3.8, 4) is 5.75 Å². The first-order valence-corrected chi connectivity index (χ1v) is 14.6. The maximum Gasteiger partial charge on any atom is 0.250 e. The molecule has 1 fully saturated rings. The lowest BCUT2D eigenvalue weighted by Gasteiger charge is -2.38. The molecule has 1 aliphatic heterocycles. The number of hydrogen-bond acceptors (Lipinski definition) is 8. The van der Waals surface area contributed by atoms with E-state index in [1.807, 2.05) is 55.3 Å². The van der Waals surface area contributed by atoms with E-state index in [-0.39, 0.29) is 55.8 Å². The number of likely N-dealkylation sites (N-methyl/N-ethyl adjacent to an activating group) is 1. The molecular weight excluding hydrogens is 579 g/mol. The minimum atomic E-state index is -3.24. The summed E-state index contributed by atoms with van der Waals surface area (Å²) in [5.41, 5.74) is 0.677. The minimum Gasteiger partial charge on any atom is -0.495 e. The van der Waals surface area contributed by atoms with Crippen LogP contribution in [0.5, 0.6) is 5.75 Å². The van der Waals surface area contributed by atoms with Crippen molar-refractivity contribution in [1.82, 2.24) is 25.0 Å². The predicted octanol–water partition coefficient (Wildman–Crippen LogP) is 1.56. The summed E-state index contributed by atoms with van der Waals surface area (Å²) in [4.78, 5) is 27.8. The van der Waals surface area contributed by atoms with Gasteiger partial charge in [0.25, 0.3) is 5.91 Å². The van der Waals surface area contributed by atoms with Crippen molar-refractivity contribution in [3.05, 3.63) is 36.4 Å². The summed E-state index contributed by atoms with van der Waals surface area (Å²) in [5, 5.41) is 11.7. The molecule has 2 amide bonds. The average molecular weight is 622 g/mol. The van der Waals surface area contributed by atoms with Crippen LogP contribution in [0, 0.1) is 0 Å². The molecule has 2 aromatic rings. The van der Waals surface area contributed by atoms with E-state index in [0.717, 1.165) is 10.8 Å². The zero-order chi connectivity index (χ0) is 27.9. The lowest BCUT2D eigenvalue weighted by atomic mass is 10.1. The number of halogens is 2. The number of piperazine rings is 1. The molecule has 3 rings (SSSR count). The van der Waals surface area contributed by atoms with Gasteiger partial charge in [0, 0.05) is 52.4 Å². The van der Waals surface area contributed by atoms with Crippen LogP contribution in [0.2, 0.25) is 0 Å². The third-order valence-electron chi connectivity index (χ3n) is 6.55. The summed E-state index contributed by atoms with van der Waals surface area (Å²) in [7, 11) is 0.00311. The van der Waals surface area contributed by atoms with Crippen molar-refractivity contribution in [2.45, 2.75) is 19.9 Å². The van der Waals surface area contributed by atoms with Gasteiger partial charge in [0.2, 0.25) is 15.9 Å². The standard InChI is InChI=1S/C26H40N6O5S.2ClH/c1-20(2)28-10-11-32(23-16-21-8-6-7-9-22(21)17-24(23)37-4)26(34)19-27-18-25(33)29(3)30-12-14-31(15-13-30)38(5,35)36;;/h6-9,16-17,20,27-28H,10-15,18-19H2,1-5H3;2*1H. The van der Waals surface area contributed by atoms with Crippen LogP contribution < -0.4 is 20.3 Å². The van der Waals surface area contributed by atoms with Crippen LogP contribution in [0.15, 0.2) is 36.4 Å². The van der Waals surface area contributed by atoms with Crippen molar-refractivity contribution in [3.63, 3.8) is 0 Å². The van der Waals surface area contributed by atoms with Crippen LogP contribution in [0.3, 0.4) is 0 Å². The highest BCUT2D eigenvalue weighted by Gasteiger charge is 2.27. The Hall–Kier alpha value is -2.19. The highest BCUT2D eigenvalue weighted by molar-refractivity contribution is 7.88. The van der Waals surface area contributed by atoms with Gasteiger partial charge >= 0.3 is 0 Å². The van der Waals surface area contributed by atoms with Crippen molar-refractivity contribution >= 4 is 63.1 Å². The molecule has 14 heteroatoms. The number of methoxy groups -OCH3 is 1. The molecule has 2 aromatic carbocycles. The number of benzene rings is 2. The zero-order valence-corrected chi connectivity index (χ0v) is 26.2. The first-order chi connectivity index (χ1) is 18.0. The van der Waals surface area contributed by atoms with Gasteiger partial charge in [-0.05, 0) is 22.9 Å². The average Bonchev–Trinajstić information content (AvgIpc) is 2.89. The van der Waals surface area contributed by atoms with Gasteiger partial charge in [0.05, 0.1) is 32.1 Å². The minimum absolute atomic E-state index is 0. The quantitative estimate of drug-likeness (QED) is 0.367. The molecule has 1 heterocycles. The van der Waals surface area contributed by atoms with Crippen LogP contribution in [0.1, 0.15) is 13.8 Å². The summed E-state index contributed by atoms with van der Waals surface area (Å²) < 4.78 is 30.5. The Balaban J connectivity index is 0.00000400. The van der Waals surface area contributed by atoms with Gasteiger partial charge in [-0.25, -0.2) is 13.4 Å². The second-order valence-corrected chi connectivity index (χ2v) is 11.6. The van der Waals surface area contributed by atoms with Gasteiger partial charge in [-0.2, -0.15) is 4.31 Å². The molecule has 0 atom stereocenters. The number of sulfonamides is 1. The van der Waals surface area contributed by atoms with Crippen molar-refractivity contribution in [2.75, 3.05) is 77.7 Å². The molecule has 0 saturated carbocycles. The number of rotatable bonds is 12. The number of fused-ring (bicyclic) bond motifs is 1. The maximum atomic E-state index is 13.4. The molecular formula is C26H42Cl2N6O5S. The molecule has 0 aliphatic carbocycles. The van der Waals surface area contributed by atoms with Crippen molar-refractivity contribution in [2.24, 2.45) is 0 Å². The van der Waals surface area contributed by atoms with E-state index in [2.05, 4.69) is 10.6 Å². The topological polar surface area (TPSA) is 115 Å². The van der Waals surface area contributed by atoms with Crippen LogP contribution in [0.4, 0.5) is 5.69 Å². The van der Waals surface area contributed by atoms with Crippen LogP contribution in [-0.4, -0.2) is 113 Å². The lowest BCUT2D eigenvalue weighted by molar-refractivity contribution is -0.146. The number of carbonyl (C=O) groups is 2.